The van der Waals surface area contributed by atoms with E-state index in [1.54, 1.807) is 0 Å². The van der Waals surface area contributed by atoms with Gasteiger partial charge in [0.25, 0.3) is 0 Å². The molecule has 0 bridgehead atoms. The van der Waals surface area contributed by atoms with E-state index in [0.29, 0.717) is 5.95 Å². The lowest BCUT2D eigenvalue weighted by atomic mass is 10.1. The Morgan fingerprint density at radius 3 is 2.39 bits per heavy atom. The van der Waals surface area contributed by atoms with E-state index in [9.17, 15) is 0 Å². The standard InChI is InChI=1S/C31H37N7/c1-4-18-38(19-5-2)31-36-29(13-9-10-23-15-14-22(6-3)21-32-23)35-30(37-31)33-24-16-17-28-26(20-24)25-11-7-8-12-27(25)34-28/h7-8,11-12,14-17,20-21,34H,4-6,9-10,13,18-19H2,1-3H3,(H,33,35,36,37). The number of nitrogens with one attached hydrogen (secondary N) is 2. The summed E-state index contributed by atoms with van der Waals surface area (Å²) in [6, 6.07) is 19.0. The third-order valence-corrected chi connectivity index (χ3v) is 6.83. The maximum Gasteiger partial charge on any atom is 0.232 e. The van der Waals surface area contributed by atoms with Crippen LogP contribution in [-0.2, 0) is 19.3 Å². The Morgan fingerprint density at radius 1 is 0.816 bits per heavy atom. The van der Waals surface area contributed by atoms with E-state index < -0.39 is 0 Å². The van der Waals surface area contributed by atoms with Crippen LogP contribution in [0, 0.1) is 0 Å². The van der Waals surface area contributed by atoms with E-state index in [4.69, 9.17) is 15.0 Å². The van der Waals surface area contributed by atoms with E-state index in [0.717, 1.165) is 85.8 Å². The van der Waals surface area contributed by atoms with Gasteiger partial charge in [-0.25, -0.2) is 0 Å². The minimum atomic E-state index is 0.590. The number of benzene rings is 2. The summed E-state index contributed by atoms with van der Waals surface area (Å²) < 4.78 is 0. The number of pyridine rings is 1. The molecule has 2 N–H and O–H groups in total. The molecule has 3 heterocycles. The molecule has 5 rings (SSSR count). The highest BCUT2D eigenvalue weighted by Gasteiger charge is 2.14. The molecule has 7 nitrogen and oxygen atoms in total. The molecule has 0 aliphatic heterocycles. The molecule has 0 fully saturated rings. The minimum Gasteiger partial charge on any atom is -0.355 e. The van der Waals surface area contributed by atoms with Gasteiger partial charge in [-0.15, -0.1) is 0 Å². The number of anilines is 3. The summed E-state index contributed by atoms with van der Waals surface area (Å²) in [5.74, 6) is 2.15. The third kappa shape index (κ3) is 5.93. The lowest BCUT2D eigenvalue weighted by Crippen LogP contribution is -2.28. The van der Waals surface area contributed by atoms with Gasteiger partial charge in [-0.3, -0.25) is 4.98 Å². The summed E-state index contributed by atoms with van der Waals surface area (Å²) in [6.45, 7) is 8.38. The SMILES string of the molecule is CCCN(CCC)c1nc(CCCc2ccc(CC)cn2)nc(Nc2ccc3[nH]c4ccccc4c3c2)n1. The summed E-state index contributed by atoms with van der Waals surface area (Å²) >= 11 is 0. The molecule has 0 saturated carbocycles. The Hall–Kier alpha value is -4.00. The first-order chi connectivity index (χ1) is 18.7. The smallest absolute Gasteiger partial charge is 0.232 e. The van der Waals surface area contributed by atoms with Crippen molar-refractivity contribution in [1.82, 2.24) is 24.9 Å². The van der Waals surface area contributed by atoms with Crippen molar-refractivity contribution in [3.05, 3.63) is 77.9 Å². The normalized spacial score (nSPS) is 11.3. The van der Waals surface area contributed by atoms with Gasteiger partial charge in [-0.2, -0.15) is 15.0 Å². The molecule has 38 heavy (non-hydrogen) atoms. The fourth-order valence-electron chi connectivity index (χ4n) is 4.86. The topological polar surface area (TPSA) is 82.6 Å². The minimum absolute atomic E-state index is 0.590. The highest BCUT2D eigenvalue weighted by Crippen LogP contribution is 2.28. The first-order valence-corrected chi connectivity index (χ1v) is 13.9. The van der Waals surface area contributed by atoms with Gasteiger partial charge in [-0.1, -0.05) is 45.0 Å². The van der Waals surface area contributed by atoms with Gasteiger partial charge in [-0.05, 0) is 68.0 Å². The van der Waals surface area contributed by atoms with Crippen LogP contribution in [0.4, 0.5) is 17.6 Å². The monoisotopic (exact) mass is 507 g/mol. The van der Waals surface area contributed by atoms with Gasteiger partial charge in [0.2, 0.25) is 11.9 Å². The number of H-pyrrole nitrogens is 1. The average Bonchev–Trinajstić information content (AvgIpc) is 3.31. The van der Waals surface area contributed by atoms with E-state index in [1.807, 2.05) is 6.20 Å². The molecule has 0 atom stereocenters. The second-order valence-corrected chi connectivity index (χ2v) is 9.78. The van der Waals surface area contributed by atoms with Crippen LogP contribution in [0.2, 0.25) is 0 Å². The van der Waals surface area contributed by atoms with Crippen molar-refractivity contribution in [2.24, 2.45) is 0 Å². The number of fused-ring (bicyclic) bond motifs is 3. The van der Waals surface area contributed by atoms with Gasteiger partial charge >= 0.3 is 0 Å². The van der Waals surface area contributed by atoms with Gasteiger partial charge in [0.15, 0.2) is 0 Å². The Labute approximate surface area is 224 Å². The van der Waals surface area contributed by atoms with Crippen LogP contribution >= 0.6 is 0 Å². The summed E-state index contributed by atoms with van der Waals surface area (Å²) in [6.07, 6.45) is 7.69. The first kappa shape index (κ1) is 25.6. The molecule has 2 aromatic carbocycles. The molecule has 196 valence electrons. The van der Waals surface area contributed by atoms with Crippen molar-refractivity contribution in [1.29, 1.82) is 0 Å². The molecule has 3 aromatic heterocycles. The molecular formula is C31H37N7. The number of rotatable bonds is 12. The maximum absolute atomic E-state index is 4.89. The second kappa shape index (κ2) is 12.0. The number of para-hydroxylation sites is 1. The predicted octanol–water partition coefficient (Wildman–Crippen LogP) is 7.01. The Balaban J connectivity index is 1.40. The zero-order valence-electron chi connectivity index (χ0n) is 22.7. The molecule has 7 heteroatoms. The zero-order valence-corrected chi connectivity index (χ0v) is 22.7. The van der Waals surface area contributed by atoms with Crippen LogP contribution < -0.4 is 10.2 Å². The van der Waals surface area contributed by atoms with Gasteiger partial charge in [0.1, 0.15) is 5.82 Å². The highest BCUT2D eigenvalue weighted by atomic mass is 15.3. The van der Waals surface area contributed by atoms with Crippen molar-refractivity contribution in [2.75, 3.05) is 23.3 Å². The summed E-state index contributed by atoms with van der Waals surface area (Å²) in [5, 5.41) is 5.87. The maximum atomic E-state index is 4.89. The first-order valence-electron chi connectivity index (χ1n) is 13.9. The van der Waals surface area contributed by atoms with Crippen molar-refractivity contribution < 1.29 is 0 Å². The van der Waals surface area contributed by atoms with Crippen molar-refractivity contribution >= 4 is 39.4 Å². The van der Waals surface area contributed by atoms with Crippen LogP contribution in [0.5, 0.6) is 0 Å². The number of hydrogen-bond acceptors (Lipinski definition) is 6. The van der Waals surface area contributed by atoms with Crippen molar-refractivity contribution in [3.63, 3.8) is 0 Å². The van der Waals surface area contributed by atoms with Crippen LogP contribution in [0.3, 0.4) is 0 Å². The number of aromatic nitrogens is 5. The summed E-state index contributed by atoms with van der Waals surface area (Å²) in [7, 11) is 0. The number of hydrogen-bond donors (Lipinski definition) is 2. The zero-order chi connectivity index (χ0) is 26.3. The number of aryl methyl sites for hydroxylation is 3. The fraction of sp³-hybridized carbons (Fsp3) is 0.355. The quantitative estimate of drug-likeness (QED) is 0.189. The van der Waals surface area contributed by atoms with Gasteiger partial charge in [0, 0.05) is 58.9 Å². The van der Waals surface area contributed by atoms with E-state index in [2.05, 4.69) is 95.6 Å². The van der Waals surface area contributed by atoms with Crippen molar-refractivity contribution in [2.45, 2.75) is 59.3 Å². The molecule has 0 unspecified atom stereocenters. The molecular weight excluding hydrogens is 470 g/mol. The van der Waals surface area contributed by atoms with Gasteiger partial charge in [0.05, 0.1) is 0 Å². The van der Waals surface area contributed by atoms with E-state index >= 15 is 0 Å². The van der Waals surface area contributed by atoms with E-state index in [-0.39, 0.29) is 0 Å². The lowest BCUT2D eigenvalue weighted by Gasteiger charge is -2.22. The lowest BCUT2D eigenvalue weighted by molar-refractivity contribution is 0.699. The molecule has 0 spiro atoms. The van der Waals surface area contributed by atoms with Gasteiger partial charge < -0.3 is 15.2 Å². The number of nitrogens with zero attached hydrogens (tertiary/aromatic N) is 5. The van der Waals surface area contributed by atoms with Crippen molar-refractivity contribution in [3.8, 4) is 0 Å². The Bertz CT molecular complexity index is 1480. The molecule has 0 aliphatic carbocycles. The molecule has 0 radical (unpaired) electrons. The summed E-state index contributed by atoms with van der Waals surface area (Å²) in [5.41, 5.74) is 5.59. The molecule has 0 saturated heterocycles. The average molecular weight is 508 g/mol. The largest absolute Gasteiger partial charge is 0.355 e. The van der Waals surface area contributed by atoms with Crippen LogP contribution in [0.25, 0.3) is 21.8 Å². The predicted molar refractivity (Wildman–Crippen MR) is 157 cm³/mol. The molecule has 0 aliphatic rings. The molecule has 0 amide bonds. The Morgan fingerprint density at radius 2 is 1.63 bits per heavy atom. The van der Waals surface area contributed by atoms with Crippen LogP contribution in [-0.4, -0.2) is 38.0 Å². The van der Waals surface area contributed by atoms with E-state index in [1.165, 1.54) is 16.3 Å². The fourth-order valence-corrected chi connectivity index (χ4v) is 4.86. The highest BCUT2D eigenvalue weighted by molar-refractivity contribution is 6.08. The summed E-state index contributed by atoms with van der Waals surface area (Å²) in [4.78, 5) is 25.0. The Kier molecular flexibility index (Phi) is 8.12. The van der Waals surface area contributed by atoms with Crippen LogP contribution in [0.15, 0.2) is 60.8 Å². The number of aromatic amines is 1. The molecule has 5 aromatic rings. The third-order valence-electron chi connectivity index (χ3n) is 6.83. The van der Waals surface area contributed by atoms with Crippen LogP contribution in [0.1, 0.15) is 57.1 Å². The second-order valence-electron chi connectivity index (χ2n) is 9.78.